The first-order valence-corrected chi connectivity index (χ1v) is 10.5. The predicted molar refractivity (Wildman–Crippen MR) is 112 cm³/mol. The van der Waals surface area contributed by atoms with Crippen LogP contribution in [0.25, 0.3) is 0 Å². The molecule has 29 heavy (non-hydrogen) atoms. The SMILES string of the molecule is COc1ccc(Cl)cc1NC(=O)c1ccc(S(=O)(=O)c2ccc(C)c(C)c2)nc1. The van der Waals surface area contributed by atoms with E-state index in [1.54, 1.807) is 36.4 Å². The van der Waals surface area contributed by atoms with E-state index >= 15 is 0 Å². The van der Waals surface area contributed by atoms with Gasteiger partial charge in [0.2, 0.25) is 9.84 Å². The normalized spacial score (nSPS) is 11.2. The minimum Gasteiger partial charge on any atom is -0.495 e. The Labute approximate surface area is 174 Å². The number of nitrogens with one attached hydrogen (secondary N) is 1. The Kier molecular flexibility index (Phi) is 5.91. The lowest BCUT2D eigenvalue weighted by molar-refractivity contribution is 0.102. The quantitative estimate of drug-likeness (QED) is 0.646. The number of halogens is 1. The Hall–Kier alpha value is -2.90. The molecule has 0 aliphatic rings. The summed E-state index contributed by atoms with van der Waals surface area (Å²) in [5, 5.41) is 3.00. The monoisotopic (exact) mass is 430 g/mol. The molecule has 0 bridgehead atoms. The van der Waals surface area contributed by atoms with Gasteiger partial charge in [0, 0.05) is 11.2 Å². The Morgan fingerprint density at radius 3 is 2.41 bits per heavy atom. The lowest BCUT2D eigenvalue weighted by atomic mass is 10.1. The molecule has 0 aliphatic carbocycles. The van der Waals surface area contributed by atoms with Crippen LogP contribution in [0.2, 0.25) is 5.02 Å². The van der Waals surface area contributed by atoms with Crippen LogP contribution in [0.4, 0.5) is 5.69 Å². The molecule has 150 valence electrons. The van der Waals surface area contributed by atoms with E-state index in [0.29, 0.717) is 16.5 Å². The third kappa shape index (κ3) is 4.41. The van der Waals surface area contributed by atoms with Crippen LogP contribution in [-0.4, -0.2) is 26.4 Å². The van der Waals surface area contributed by atoms with Gasteiger partial charge in [-0.3, -0.25) is 4.79 Å². The summed E-state index contributed by atoms with van der Waals surface area (Å²) in [6.07, 6.45) is 1.22. The number of sulfone groups is 1. The molecule has 6 nitrogen and oxygen atoms in total. The van der Waals surface area contributed by atoms with E-state index in [1.807, 2.05) is 13.8 Å². The number of carbonyl (C=O) groups is 1. The molecule has 0 radical (unpaired) electrons. The van der Waals surface area contributed by atoms with E-state index in [4.69, 9.17) is 16.3 Å². The summed E-state index contributed by atoms with van der Waals surface area (Å²) in [5.74, 6) is -0.0159. The largest absolute Gasteiger partial charge is 0.495 e. The molecule has 1 amide bonds. The Morgan fingerprint density at radius 2 is 1.79 bits per heavy atom. The average Bonchev–Trinajstić information content (AvgIpc) is 2.70. The number of aromatic nitrogens is 1. The van der Waals surface area contributed by atoms with Gasteiger partial charge in [-0.25, -0.2) is 13.4 Å². The second-order valence-corrected chi connectivity index (χ2v) is 8.77. The first-order valence-electron chi connectivity index (χ1n) is 8.65. The van der Waals surface area contributed by atoms with Crippen molar-refractivity contribution < 1.29 is 17.9 Å². The maximum Gasteiger partial charge on any atom is 0.257 e. The Morgan fingerprint density at radius 1 is 1.03 bits per heavy atom. The summed E-state index contributed by atoms with van der Waals surface area (Å²) >= 11 is 5.97. The van der Waals surface area contributed by atoms with Crippen LogP contribution in [0, 0.1) is 13.8 Å². The maximum atomic E-state index is 12.8. The highest BCUT2D eigenvalue weighted by atomic mass is 35.5. The van der Waals surface area contributed by atoms with Crippen molar-refractivity contribution in [2.75, 3.05) is 12.4 Å². The van der Waals surface area contributed by atoms with Crippen molar-refractivity contribution in [1.82, 2.24) is 4.98 Å². The molecule has 1 aromatic heterocycles. The predicted octanol–water partition coefficient (Wildman–Crippen LogP) is 4.45. The van der Waals surface area contributed by atoms with Gasteiger partial charge in [0.15, 0.2) is 5.03 Å². The van der Waals surface area contributed by atoms with Crippen molar-refractivity contribution in [1.29, 1.82) is 0 Å². The topological polar surface area (TPSA) is 85.4 Å². The summed E-state index contributed by atoms with van der Waals surface area (Å²) in [4.78, 5) is 16.7. The molecule has 0 saturated heterocycles. The zero-order valence-electron chi connectivity index (χ0n) is 16.1. The van der Waals surface area contributed by atoms with Crippen LogP contribution in [0.1, 0.15) is 21.5 Å². The third-order valence-electron chi connectivity index (χ3n) is 4.47. The summed E-state index contributed by atoms with van der Waals surface area (Å²) in [5.41, 5.74) is 2.47. The number of carbonyl (C=O) groups excluding carboxylic acids is 1. The van der Waals surface area contributed by atoms with Crippen LogP contribution in [0.15, 0.2) is 64.6 Å². The van der Waals surface area contributed by atoms with E-state index in [-0.39, 0.29) is 15.5 Å². The van der Waals surface area contributed by atoms with Gasteiger partial charge in [-0.05, 0) is 67.4 Å². The number of ether oxygens (including phenoxy) is 1. The Bertz CT molecular complexity index is 1180. The molecule has 0 unspecified atom stereocenters. The second-order valence-electron chi connectivity index (χ2n) is 6.43. The van der Waals surface area contributed by atoms with Gasteiger partial charge in [-0.1, -0.05) is 17.7 Å². The molecular weight excluding hydrogens is 412 g/mol. The van der Waals surface area contributed by atoms with Gasteiger partial charge in [-0.15, -0.1) is 0 Å². The molecule has 1 heterocycles. The minimum atomic E-state index is -3.78. The first kappa shape index (κ1) is 20.8. The van der Waals surface area contributed by atoms with Crippen LogP contribution in [0.5, 0.6) is 5.75 Å². The van der Waals surface area contributed by atoms with Crippen molar-refractivity contribution in [2.45, 2.75) is 23.8 Å². The van der Waals surface area contributed by atoms with Gasteiger partial charge in [0.05, 0.1) is 23.3 Å². The number of nitrogens with zero attached hydrogens (tertiary/aromatic N) is 1. The number of amides is 1. The van der Waals surface area contributed by atoms with Gasteiger partial charge in [0.1, 0.15) is 5.75 Å². The average molecular weight is 431 g/mol. The van der Waals surface area contributed by atoms with E-state index in [9.17, 15) is 13.2 Å². The van der Waals surface area contributed by atoms with Crippen LogP contribution >= 0.6 is 11.6 Å². The van der Waals surface area contributed by atoms with Crippen molar-refractivity contribution in [3.8, 4) is 5.75 Å². The van der Waals surface area contributed by atoms with Crippen LogP contribution in [-0.2, 0) is 9.84 Å². The summed E-state index contributed by atoms with van der Waals surface area (Å²) in [7, 11) is -2.30. The maximum absolute atomic E-state index is 12.8. The number of aryl methyl sites for hydroxylation is 2. The minimum absolute atomic E-state index is 0.127. The molecule has 3 aromatic rings. The summed E-state index contributed by atoms with van der Waals surface area (Å²) in [6, 6.07) is 12.5. The molecular formula is C21H19ClN2O4S. The molecule has 3 rings (SSSR count). The molecule has 0 aliphatic heterocycles. The fourth-order valence-electron chi connectivity index (χ4n) is 2.65. The smallest absolute Gasteiger partial charge is 0.257 e. The fraction of sp³-hybridized carbons (Fsp3) is 0.143. The van der Waals surface area contributed by atoms with Crippen LogP contribution < -0.4 is 10.1 Å². The molecule has 0 saturated carbocycles. The van der Waals surface area contributed by atoms with Crippen molar-refractivity contribution in [3.63, 3.8) is 0 Å². The fourth-order valence-corrected chi connectivity index (χ4v) is 4.08. The van der Waals surface area contributed by atoms with Gasteiger partial charge in [0.25, 0.3) is 5.91 Å². The van der Waals surface area contributed by atoms with E-state index in [1.165, 1.54) is 25.4 Å². The molecule has 0 spiro atoms. The number of rotatable bonds is 5. The number of methoxy groups -OCH3 is 1. The number of anilines is 1. The van der Waals surface area contributed by atoms with Crippen molar-refractivity contribution in [3.05, 3.63) is 76.4 Å². The van der Waals surface area contributed by atoms with Crippen molar-refractivity contribution >= 4 is 33.0 Å². The summed E-state index contributed by atoms with van der Waals surface area (Å²) < 4.78 is 30.8. The highest BCUT2D eigenvalue weighted by molar-refractivity contribution is 7.91. The zero-order valence-corrected chi connectivity index (χ0v) is 17.6. The molecule has 0 fully saturated rings. The number of hydrogen-bond donors (Lipinski definition) is 1. The van der Waals surface area contributed by atoms with Gasteiger partial charge in [-0.2, -0.15) is 0 Å². The first-order chi connectivity index (χ1) is 13.7. The molecule has 1 N–H and O–H groups in total. The lowest BCUT2D eigenvalue weighted by Crippen LogP contribution is -2.14. The van der Waals surface area contributed by atoms with E-state index < -0.39 is 15.7 Å². The number of pyridine rings is 1. The molecule has 8 heteroatoms. The lowest BCUT2D eigenvalue weighted by Gasteiger charge is -2.11. The number of hydrogen-bond acceptors (Lipinski definition) is 5. The number of benzene rings is 2. The zero-order chi connectivity index (χ0) is 21.2. The third-order valence-corrected chi connectivity index (χ3v) is 6.37. The van der Waals surface area contributed by atoms with Gasteiger partial charge >= 0.3 is 0 Å². The highest BCUT2D eigenvalue weighted by Crippen LogP contribution is 2.28. The van der Waals surface area contributed by atoms with E-state index in [2.05, 4.69) is 10.3 Å². The van der Waals surface area contributed by atoms with Crippen molar-refractivity contribution in [2.24, 2.45) is 0 Å². The van der Waals surface area contributed by atoms with Gasteiger partial charge < -0.3 is 10.1 Å². The standard InChI is InChI=1S/C21H19ClN2O4S/c1-13-4-7-17(10-14(13)2)29(26,27)20-9-5-15(12-23-20)21(25)24-18-11-16(22)6-8-19(18)28-3/h4-12H,1-3H3,(H,24,25). The molecule has 2 aromatic carbocycles. The Balaban J connectivity index is 1.85. The highest BCUT2D eigenvalue weighted by Gasteiger charge is 2.20. The molecule has 0 atom stereocenters. The van der Waals surface area contributed by atoms with E-state index in [0.717, 1.165) is 11.1 Å². The summed E-state index contributed by atoms with van der Waals surface area (Å²) in [6.45, 7) is 3.76. The second kappa shape index (κ2) is 8.23. The van der Waals surface area contributed by atoms with Crippen LogP contribution in [0.3, 0.4) is 0 Å².